The lowest BCUT2D eigenvalue weighted by molar-refractivity contribution is -0.128. The van der Waals surface area contributed by atoms with E-state index in [0.29, 0.717) is 53.0 Å². The summed E-state index contributed by atoms with van der Waals surface area (Å²) in [6.45, 7) is 1.10. The predicted molar refractivity (Wildman–Crippen MR) is 97.1 cm³/mol. The Hall–Kier alpha value is -2.39. The molecule has 3 aromatic rings. The second-order valence-electron chi connectivity index (χ2n) is 6.08. The van der Waals surface area contributed by atoms with Crippen LogP contribution in [0.4, 0.5) is 0 Å². The van der Waals surface area contributed by atoms with Gasteiger partial charge >= 0.3 is 0 Å². The standard InChI is InChI=1S/C17H16ClN5O3S/c18-12-4-1-3-11(7-12)8-13-19-15(26-22-13)10-27-17-21-20-14(25-17)9-23-6-2-5-16(23)24/h1,3-4,7H,2,5-6,8-10H2. The molecule has 10 heteroatoms. The average Bonchev–Trinajstić information content (AvgIpc) is 3.37. The molecule has 2 aromatic heterocycles. The van der Waals surface area contributed by atoms with Gasteiger partial charge in [-0.3, -0.25) is 4.79 Å². The van der Waals surface area contributed by atoms with E-state index >= 15 is 0 Å². The van der Waals surface area contributed by atoms with Gasteiger partial charge in [0.2, 0.25) is 17.7 Å². The Labute approximate surface area is 164 Å². The van der Waals surface area contributed by atoms with Gasteiger partial charge in [-0.1, -0.05) is 40.7 Å². The summed E-state index contributed by atoms with van der Waals surface area (Å²) in [5, 5.41) is 13.0. The summed E-state index contributed by atoms with van der Waals surface area (Å²) in [7, 11) is 0. The molecule has 1 saturated heterocycles. The molecule has 3 heterocycles. The van der Waals surface area contributed by atoms with E-state index in [1.54, 1.807) is 4.90 Å². The van der Waals surface area contributed by atoms with Gasteiger partial charge in [-0.2, -0.15) is 4.98 Å². The van der Waals surface area contributed by atoms with E-state index in [4.69, 9.17) is 20.5 Å². The van der Waals surface area contributed by atoms with Crippen molar-refractivity contribution >= 4 is 29.3 Å². The molecule has 27 heavy (non-hydrogen) atoms. The molecule has 0 atom stereocenters. The van der Waals surface area contributed by atoms with Gasteiger partial charge < -0.3 is 13.8 Å². The molecule has 0 bridgehead atoms. The molecular weight excluding hydrogens is 390 g/mol. The first-order chi connectivity index (χ1) is 13.2. The fraction of sp³-hybridized carbons (Fsp3) is 0.353. The zero-order valence-corrected chi connectivity index (χ0v) is 15.9. The molecule has 0 saturated carbocycles. The topological polar surface area (TPSA) is 98.2 Å². The summed E-state index contributed by atoms with van der Waals surface area (Å²) in [6.07, 6.45) is 2.01. The van der Waals surface area contributed by atoms with E-state index in [-0.39, 0.29) is 5.91 Å². The zero-order chi connectivity index (χ0) is 18.6. The van der Waals surface area contributed by atoms with E-state index in [1.807, 2.05) is 24.3 Å². The molecule has 8 nitrogen and oxygen atoms in total. The Bertz CT molecular complexity index is 944. The lowest BCUT2D eigenvalue weighted by Gasteiger charge is -2.11. The molecule has 0 radical (unpaired) electrons. The van der Waals surface area contributed by atoms with Crippen LogP contribution >= 0.6 is 23.4 Å². The van der Waals surface area contributed by atoms with Gasteiger partial charge in [0.05, 0.1) is 12.3 Å². The number of carbonyl (C=O) groups excluding carboxylic acids is 1. The van der Waals surface area contributed by atoms with Crippen molar-refractivity contribution in [2.45, 2.75) is 36.8 Å². The van der Waals surface area contributed by atoms with E-state index in [9.17, 15) is 4.79 Å². The van der Waals surface area contributed by atoms with Crippen molar-refractivity contribution in [2.24, 2.45) is 0 Å². The van der Waals surface area contributed by atoms with Crippen LogP contribution < -0.4 is 0 Å². The zero-order valence-electron chi connectivity index (χ0n) is 14.3. The summed E-state index contributed by atoms with van der Waals surface area (Å²) in [5.41, 5.74) is 1.01. The Kier molecular flexibility index (Phi) is 5.40. The van der Waals surface area contributed by atoms with Crippen LogP contribution in [0.25, 0.3) is 0 Å². The lowest BCUT2D eigenvalue weighted by atomic mass is 10.1. The molecular formula is C17H16ClN5O3S. The van der Waals surface area contributed by atoms with Crippen molar-refractivity contribution in [1.82, 2.24) is 25.2 Å². The van der Waals surface area contributed by atoms with Crippen LogP contribution in [0.3, 0.4) is 0 Å². The average molecular weight is 406 g/mol. The Morgan fingerprint density at radius 1 is 1.26 bits per heavy atom. The highest BCUT2D eigenvalue weighted by molar-refractivity contribution is 7.98. The molecule has 0 unspecified atom stereocenters. The van der Waals surface area contributed by atoms with Gasteiger partial charge in [0.15, 0.2) is 5.82 Å². The summed E-state index contributed by atoms with van der Waals surface area (Å²) >= 11 is 7.30. The number of nitrogens with zero attached hydrogens (tertiary/aromatic N) is 5. The third kappa shape index (κ3) is 4.67. The second kappa shape index (κ2) is 8.10. The number of hydrogen-bond donors (Lipinski definition) is 0. The minimum atomic E-state index is 0.125. The van der Waals surface area contributed by atoms with Crippen molar-refractivity contribution < 1.29 is 13.7 Å². The van der Waals surface area contributed by atoms with Crippen LogP contribution in [0.1, 0.15) is 36.0 Å². The molecule has 1 aromatic carbocycles. The molecule has 1 aliphatic heterocycles. The van der Waals surface area contributed by atoms with Gasteiger partial charge in [-0.05, 0) is 24.1 Å². The van der Waals surface area contributed by atoms with Gasteiger partial charge in [0.25, 0.3) is 5.22 Å². The maximum Gasteiger partial charge on any atom is 0.277 e. The van der Waals surface area contributed by atoms with Crippen molar-refractivity contribution in [3.05, 3.63) is 52.5 Å². The van der Waals surface area contributed by atoms with Gasteiger partial charge in [-0.25, -0.2) is 0 Å². The van der Waals surface area contributed by atoms with Crippen LogP contribution in [0, 0.1) is 0 Å². The van der Waals surface area contributed by atoms with E-state index < -0.39 is 0 Å². The Balaban J connectivity index is 1.30. The van der Waals surface area contributed by atoms with Crippen LogP contribution in [0.5, 0.6) is 0 Å². The first kappa shape index (κ1) is 18.0. The second-order valence-corrected chi connectivity index (χ2v) is 7.44. The quantitative estimate of drug-likeness (QED) is 0.553. The molecule has 0 N–H and O–H groups in total. The molecule has 0 aliphatic carbocycles. The number of amides is 1. The Morgan fingerprint density at radius 3 is 3.00 bits per heavy atom. The van der Waals surface area contributed by atoms with Crippen molar-refractivity contribution in [1.29, 1.82) is 0 Å². The van der Waals surface area contributed by atoms with E-state index in [1.165, 1.54) is 11.8 Å². The molecule has 1 aliphatic rings. The number of halogens is 1. The highest BCUT2D eigenvalue weighted by Gasteiger charge is 2.22. The van der Waals surface area contributed by atoms with Crippen LogP contribution in [-0.4, -0.2) is 37.7 Å². The normalized spacial score (nSPS) is 14.3. The lowest BCUT2D eigenvalue weighted by Crippen LogP contribution is -2.23. The minimum Gasteiger partial charge on any atom is -0.414 e. The minimum absolute atomic E-state index is 0.125. The number of aromatic nitrogens is 4. The molecule has 1 amide bonds. The first-order valence-electron chi connectivity index (χ1n) is 8.44. The summed E-state index contributed by atoms with van der Waals surface area (Å²) < 4.78 is 10.8. The molecule has 4 rings (SSSR count). The molecule has 1 fully saturated rings. The summed E-state index contributed by atoms with van der Waals surface area (Å²) in [6, 6.07) is 7.54. The smallest absolute Gasteiger partial charge is 0.277 e. The van der Waals surface area contributed by atoms with Crippen molar-refractivity contribution in [3.8, 4) is 0 Å². The Morgan fingerprint density at radius 2 is 2.19 bits per heavy atom. The molecule has 140 valence electrons. The van der Waals surface area contributed by atoms with E-state index in [2.05, 4.69) is 20.3 Å². The number of rotatable bonds is 7. The predicted octanol–water partition coefficient (Wildman–Crippen LogP) is 3.11. The van der Waals surface area contributed by atoms with Crippen molar-refractivity contribution in [3.63, 3.8) is 0 Å². The third-order valence-corrected chi connectivity index (χ3v) is 5.06. The number of carbonyl (C=O) groups is 1. The van der Waals surface area contributed by atoms with Crippen LogP contribution in [0.15, 0.2) is 38.4 Å². The van der Waals surface area contributed by atoms with Gasteiger partial charge in [0.1, 0.15) is 0 Å². The monoisotopic (exact) mass is 405 g/mol. The fourth-order valence-electron chi connectivity index (χ4n) is 2.77. The fourth-order valence-corrected chi connectivity index (χ4v) is 3.60. The largest absolute Gasteiger partial charge is 0.414 e. The highest BCUT2D eigenvalue weighted by Crippen LogP contribution is 2.22. The number of thioether (sulfide) groups is 1. The maximum atomic E-state index is 11.6. The molecule has 0 spiro atoms. The summed E-state index contributed by atoms with van der Waals surface area (Å²) in [5.74, 6) is 2.05. The summed E-state index contributed by atoms with van der Waals surface area (Å²) in [4.78, 5) is 17.7. The van der Waals surface area contributed by atoms with Gasteiger partial charge in [-0.15, -0.1) is 10.2 Å². The van der Waals surface area contributed by atoms with Crippen LogP contribution in [0.2, 0.25) is 5.02 Å². The van der Waals surface area contributed by atoms with E-state index in [0.717, 1.165) is 18.5 Å². The maximum absolute atomic E-state index is 11.6. The number of hydrogen-bond acceptors (Lipinski definition) is 8. The third-order valence-electron chi connectivity index (χ3n) is 4.03. The van der Waals surface area contributed by atoms with Crippen LogP contribution in [-0.2, 0) is 23.5 Å². The highest BCUT2D eigenvalue weighted by atomic mass is 35.5. The number of benzene rings is 1. The first-order valence-corrected chi connectivity index (χ1v) is 9.81. The van der Waals surface area contributed by atoms with Gasteiger partial charge in [0, 0.05) is 24.4 Å². The number of likely N-dealkylation sites (tertiary alicyclic amines) is 1. The van der Waals surface area contributed by atoms with Crippen molar-refractivity contribution in [2.75, 3.05) is 6.54 Å². The SMILES string of the molecule is O=C1CCCN1Cc1nnc(SCc2nc(Cc3cccc(Cl)c3)no2)o1.